The zero-order valence-electron chi connectivity index (χ0n) is 18.4. The number of halogens is 5. The molecular weight excluding hydrogens is 567 g/mol. The van der Waals surface area contributed by atoms with Crippen LogP contribution in [0.2, 0.25) is 20.1 Å². The van der Waals surface area contributed by atoms with Gasteiger partial charge in [0.25, 0.3) is 0 Å². The van der Waals surface area contributed by atoms with Crippen molar-refractivity contribution in [1.29, 1.82) is 0 Å². The van der Waals surface area contributed by atoms with E-state index in [2.05, 4.69) is 0 Å². The van der Waals surface area contributed by atoms with Crippen molar-refractivity contribution in [2.75, 3.05) is 0 Å². The largest absolute Gasteiger partial charge is 0.505 e. The third-order valence-corrected chi connectivity index (χ3v) is 8.32. The monoisotopic (exact) mass is 583 g/mol. The predicted molar refractivity (Wildman–Crippen MR) is 143 cm³/mol. The number of rotatable bonds is 7. The van der Waals surface area contributed by atoms with Crippen molar-refractivity contribution in [3.63, 3.8) is 0 Å². The number of hydrogen-bond acceptors (Lipinski definition) is 3. The first kappa shape index (κ1) is 26.7. The second-order valence-electron chi connectivity index (χ2n) is 7.96. The molecule has 0 saturated carbocycles. The number of aromatic hydroxyl groups is 1. The maximum absolute atomic E-state index is 13.7. The van der Waals surface area contributed by atoms with Crippen molar-refractivity contribution in [2.45, 2.75) is 18.0 Å². The first-order valence-electron chi connectivity index (χ1n) is 10.5. The van der Waals surface area contributed by atoms with Crippen molar-refractivity contribution in [2.24, 2.45) is 0 Å². The molecule has 0 fully saturated rings. The maximum atomic E-state index is 13.7. The average molecular weight is 585 g/mol. The Morgan fingerprint density at radius 1 is 0.722 bits per heavy atom. The molecule has 0 radical (unpaired) electrons. The van der Waals surface area contributed by atoms with Gasteiger partial charge in [-0.15, -0.1) is 0 Å². The van der Waals surface area contributed by atoms with E-state index in [-0.39, 0.29) is 23.1 Å². The molecule has 0 aliphatic heterocycles. The number of sulfonamides is 1. The maximum Gasteiger partial charge on any atom is 0.247 e. The summed E-state index contributed by atoms with van der Waals surface area (Å²) in [6.07, 6.45) is 0. The van der Waals surface area contributed by atoms with Crippen molar-refractivity contribution < 1.29 is 17.9 Å². The van der Waals surface area contributed by atoms with Crippen LogP contribution in [0.3, 0.4) is 0 Å². The van der Waals surface area contributed by atoms with Gasteiger partial charge in [-0.2, -0.15) is 4.31 Å². The molecule has 0 aliphatic carbocycles. The van der Waals surface area contributed by atoms with E-state index in [1.54, 1.807) is 30.3 Å². The first-order valence-corrected chi connectivity index (χ1v) is 13.5. The summed E-state index contributed by atoms with van der Waals surface area (Å²) in [4.78, 5) is -0.436. The van der Waals surface area contributed by atoms with Gasteiger partial charge in [-0.25, -0.2) is 12.8 Å². The van der Waals surface area contributed by atoms with Gasteiger partial charge in [0.1, 0.15) is 10.7 Å². The number of hydrogen-bond donors (Lipinski definition) is 1. The molecule has 0 atom stereocenters. The van der Waals surface area contributed by atoms with E-state index in [0.717, 1.165) is 15.9 Å². The van der Waals surface area contributed by atoms with Crippen LogP contribution in [0.15, 0.2) is 83.8 Å². The highest BCUT2D eigenvalue weighted by Crippen LogP contribution is 2.37. The minimum atomic E-state index is -4.31. The Bertz CT molecular complexity index is 1510. The lowest BCUT2D eigenvalue weighted by atomic mass is 10.0. The molecule has 0 heterocycles. The summed E-state index contributed by atoms with van der Waals surface area (Å²) in [5, 5.41) is 11.4. The van der Waals surface area contributed by atoms with Crippen molar-refractivity contribution >= 4 is 56.4 Å². The molecule has 4 aromatic carbocycles. The minimum absolute atomic E-state index is 0.0506. The van der Waals surface area contributed by atoms with Crippen LogP contribution in [-0.4, -0.2) is 17.8 Å². The van der Waals surface area contributed by atoms with E-state index in [1.807, 2.05) is 12.1 Å². The number of benzene rings is 4. The summed E-state index contributed by atoms with van der Waals surface area (Å²) in [5.41, 5.74) is 2.67. The van der Waals surface area contributed by atoms with E-state index < -0.39 is 26.5 Å². The van der Waals surface area contributed by atoms with Crippen LogP contribution in [0.4, 0.5) is 4.39 Å². The van der Waals surface area contributed by atoms with Gasteiger partial charge in [-0.3, -0.25) is 0 Å². The topological polar surface area (TPSA) is 57.6 Å². The smallest absolute Gasteiger partial charge is 0.247 e. The number of phenols is 1. The van der Waals surface area contributed by atoms with Crippen LogP contribution in [0.5, 0.6) is 5.75 Å². The molecule has 1 N–H and O–H groups in total. The molecule has 0 amide bonds. The Labute approximate surface area is 228 Å². The lowest BCUT2D eigenvalue weighted by Gasteiger charge is -2.24. The van der Waals surface area contributed by atoms with Crippen molar-refractivity contribution in [3.05, 3.63) is 116 Å². The van der Waals surface area contributed by atoms with Crippen LogP contribution in [0, 0.1) is 5.82 Å². The summed E-state index contributed by atoms with van der Waals surface area (Å²) in [7, 11) is -4.31. The number of nitrogens with zero attached hydrogens (tertiary/aromatic N) is 1. The summed E-state index contributed by atoms with van der Waals surface area (Å²) in [5.74, 6) is -1.05. The third-order valence-electron chi connectivity index (χ3n) is 5.43. The van der Waals surface area contributed by atoms with Gasteiger partial charge in [0.05, 0.1) is 5.02 Å². The van der Waals surface area contributed by atoms with Gasteiger partial charge < -0.3 is 5.11 Å². The van der Waals surface area contributed by atoms with E-state index in [1.165, 1.54) is 30.3 Å². The Balaban J connectivity index is 1.78. The average Bonchev–Trinajstić information content (AvgIpc) is 2.84. The standard InChI is InChI=1S/C26H18Cl4FNO3S/c27-19-6-4-18(5-7-19)22-11-17(3-10-23(22)29)15-32(14-16-1-8-21(31)9-2-16)36(34,35)25-13-20(28)12-24(30)26(25)33/h1-13,33H,14-15H2. The van der Waals surface area contributed by atoms with Crippen LogP contribution in [-0.2, 0) is 23.1 Å². The fourth-order valence-corrected chi connectivity index (χ4v) is 6.14. The molecule has 4 rings (SSSR count). The molecule has 36 heavy (non-hydrogen) atoms. The molecule has 10 heteroatoms. The van der Waals surface area contributed by atoms with Crippen LogP contribution < -0.4 is 0 Å². The second kappa shape index (κ2) is 11.0. The molecule has 4 aromatic rings. The molecule has 0 saturated heterocycles. The van der Waals surface area contributed by atoms with Crippen LogP contribution in [0.1, 0.15) is 11.1 Å². The lowest BCUT2D eigenvalue weighted by Crippen LogP contribution is -2.30. The van der Waals surface area contributed by atoms with E-state index >= 15 is 0 Å². The Morgan fingerprint density at radius 3 is 2.00 bits per heavy atom. The molecule has 186 valence electrons. The summed E-state index contributed by atoms with van der Waals surface area (Å²) >= 11 is 24.5. The van der Waals surface area contributed by atoms with Gasteiger partial charge in [0.2, 0.25) is 10.0 Å². The van der Waals surface area contributed by atoms with Gasteiger partial charge >= 0.3 is 0 Å². The Morgan fingerprint density at radius 2 is 1.33 bits per heavy atom. The molecule has 4 nitrogen and oxygen atoms in total. The second-order valence-corrected chi connectivity index (χ2v) is 11.5. The number of phenolic OH excluding ortho intramolecular Hbond substituents is 1. The summed E-state index contributed by atoms with van der Waals surface area (Å²) in [6.45, 7) is -0.188. The molecular formula is C26H18Cl4FNO3S. The Kier molecular flexibility index (Phi) is 8.15. The van der Waals surface area contributed by atoms with E-state index in [9.17, 15) is 17.9 Å². The van der Waals surface area contributed by atoms with Gasteiger partial charge in [-0.05, 0) is 65.2 Å². The zero-order valence-corrected chi connectivity index (χ0v) is 22.3. The molecule has 0 aromatic heterocycles. The van der Waals surface area contributed by atoms with Crippen molar-refractivity contribution in [3.8, 4) is 16.9 Å². The lowest BCUT2D eigenvalue weighted by molar-refractivity contribution is 0.394. The van der Waals surface area contributed by atoms with Gasteiger partial charge in [-0.1, -0.05) is 76.7 Å². The first-order chi connectivity index (χ1) is 17.0. The highest BCUT2D eigenvalue weighted by molar-refractivity contribution is 7.89. The van der Waals surface area contributed by atoms with Crippen molar-refractivity contribution in [1.82, 2.24) is 4.31 Å². The van der Waals surface area contributed by atoms with E-state index in [4.69, 9.17) is 46.4 Å². The van der Waals surface area contributed by atoms with Gasteiger partial charge in [0, 0.05) is 33.7 Å². The summed E-state index contributed by atoms with van der Waals surface area (Å²) in [6, 6.07) is 20.1. The minimum Gasteiger partial charge on any atom is -0.505 e. The predicted octanol–water partition coefficient (Wildman–Crippen LogP) is 8.20. The molecule has 0 aliphatic rings. The van der Waals surface area contributed by atoms with Gasteiger partial charge in [0.15, 0.2) is 5.75 Å². The van der Waals surface area contributed by atoms with E-state index in [0.29, 0.717) is 26.7 Å². The molecule has 0 bridgehead atoms. The molecule has 0 spiro atoms. The quantitative estimate of drug-likeness (QED) is 0.238. The van der Waals surface area contributed by atoms with Crippen LogP contribution >= 0.6 is 46.4 Å². The molecule has 0 unspecified atom stereocenters. The summed E-state index contributed by atoms with van der Waals surface area (Å²) < 4.78 is 42.1. The Hall–Kier alpha value is -2.32. The third kappa shape index (κ3) is 5.97. The SMILES string of the molecule is O=S(=O)(c1cc(Cl)cc(Cl)c1O)N(Cc1ccc(F)cc1)Cc1ccc(Cl)c(-c2ccc(Cl)cc2)c1. The zero-order chi connectivity index (χ0) is 26.0. The fourth-order valence-electron chi connectivity index (χ4n) is 3.62. The highest BCUT2D eigenvalue weighted by Gasteiger charge is 2.29. The highest BCUT2D eigenvalue weighted by atomic mass is 35.5. The fraction of sp³-hybridized carbons (Fsp3) is 0.0769. The van der Waals surface area contributed by atoms with Crippen LogP contribution in [0.25, 0.3) is 11.1 Å². The normalized spacial score (nSPS) is 11.7.